The Labute approximate surface area is 309 Å². The van der Waals surface area contributed by atoms with Crippen LogP contribution < -0.4 is 15.4 Å². The second kappa shape index (κ2) is 14.2. The van der Waals surface area contributed by atoms with Gasteiger partial charge in [0, 0.05) is 29.3 Å². The number of nitrogens with zero attached hydrogens (tertiary/aromatic N) is 4. The van der Waals surface area contributed by atoms with E-state index in [1.165, 1.54) is 11.0 Å². The van der Waals surface area contributed by atoms with E-state index in [2.05, 4.69) is 36.4 Å². The summed E-state index contributed by atoms with van der Waals surface area (Å²) in [5, 5.41) is 18.4. The summed E-state index contributed by atoms with van der Waals surface area (Å²) in [7, 11) is 0. The predicted octanol–water partition coefficient (Wildman–Crippen LogP) is 6.30. The highest BCUT2D eigenvalue weighted by Crippen LogP contribution is 2.45. The first kappa shape index (κ1) is 38.8. The predicted molar refractivity (Wildman–Crippen MR) is 199 cm³/mol. The number of ether oxygens (including phenoxy) is 2. The van der Waals surface area contributed by atoms with E-state index in [4.69, 9.17) is 19.4 Å². The molecule has 1 saturated heterocycles. The Hall–Kier alpha value is -4.46. The van der Waals surface area contributed by atoms with Gasteiger partial charge in [-0.05, 0) is 64.5 Å². The number of benzene rings is 1. The highest BCUT2D eigenvalue weighted by molar-refractivity contribution is 7.13. The van der Waals surface area contributed by atoms with Crippen LogP contribution in [0.2, 0.25) is 0 Å². The van der Waals surface area contributed by atoms with Gasteiger partial charge in [-0.3, -0.25) is 14.2 Å². The molecule has 3 N–H and O–H groups in total. The van der Waals surface area contributed by atoms with Crippen molar-refractivity contribution in [1.29, 1.82) is 0 Å². The van der Waals surface area contributed by atoms with Crippen LogP contribution in [0.1, 0.15) is 99.7 Å². The summed E-state index contributed by atoms with van der Waals surface area (Å²) in [6.07, 6.45) is 0.308. The number of likely N-dealkylation sites (tertiary alicyclic amines) is 1. The molecular formula is C38H52N6O7S. The highest BCUT2D eigenvalue weighted by Gasteiger charge is 2.61. The molecule has 2 aromatic heterocycles. The number of amides is 3. The van der Waals surface area contributed by atoms with Crippen LogP contribution in [0.15, 0.2) is 36.2 Å². The minimum absolute atomic E-state index is 0.0111. The molecule has 0 bridgehead atoms. The summed E-state index contributed by atoms with van der Waals surface area (Å²) in [5.74, 6) is -2.48. The SMILES string of the molecule is C=CC1CC1(NC(=O)C1CC(Oc2nc3c(-c4nc(C(C)C)cs4)cccc3n2C(C)C)CN1C(=O)C(NC(=O)OC(C)(C)C)C(C)(C)C)C(=O)O. The third kappa shape index (κ3) is 7.81. The minimum atomic E-state index is -1.50. The van der Waals surface area contributed by atoms with Gasteiger partial charge in [0.25, 0.3) is 6.01 Å². The number of carboxylic acids is 1. The van der Waals surface area contributed by atoms with Crippen molar-refractivity contribution in [2.45, 2.75) is 123 Å². The van der Waals surface area contributed by atoms with Gasteiger partial charge in [0.2, 0.25) is 11.8 Å². The molecule has 5 atom stereocenters. The number of rotatable bonds is 11. The number of aliphatic carboxylic acids is 1. The van der Waals surface area contributed by atoms with E-state index in [1.807, 2.05) is 36.6 Å². The monoisotopic (exact) mass is 736 g/mol. The molecule has 1 saturated carbocycles. The molecule has 1 aliphatic heterocycles. The summed E-state index contributed by atoms with van der Waals surface area (Å²) in [6.45, 7) is 22.5. The number of imidazole rings is 1. The Morgan fingerprint density at radius 3 is 2.33 bits per heavy atom. The Morgan fingerprint density at radius 1 is 1.10 bits per heavy atom. The van der Waals surface area contributed by atoms with Gasteiger partial charge in [-0.2, -0.15) is 4.98 Å². The molecule has 3 amide bonds. The lowest BCUT2D eigenvalue weighted by Crippen LogP contribution is -2.59. The van der Waals surface area contributed by atoms with Crippen LogP contribution in [-0.4, -0.2) is 84.3 Å². The van der Waals surface area contributed by atoms with E-state index in [-0.39, 0.29) is 31.3 Å². The Kier molecular flexibility index (Phi) is 10.6. The van der Waals surface area contributed by atoms with Crippen LogP contribution in [0.3, 0.4) is 0 Å². The number of hydrogen-bond donors (Lipinski definition) is 3. The molecule has 1 aromatic carbocycles. The van der Waals surface area contributed by atoms with Gasteiger partial charge >= 0.3 is 12.1 Å². The lowest BCUT2D eigenvalue weighted by Gasteiger charge is -2.35. The van der Waals surface area contributed by atoms with E-state index in [9.17, 15) is 24.3 Å². The zero-order valence-electron chi connectivity index (χ0n) is 31.8. The maximum atomic E-state index is 14.5. The molecule has 13 nitrogen and oxygen atoms in total. The zero-order valence-corrected chi connectivity index (χ0v) is 32.6. The lowest BCUT2D eigenvalue weighted by molar-refractivity contribution is -0.146. The number of carbonyl (C=O) groups excluding carboxylic acids is 3. The van der Waals surface area contributed by atoms with Crippen LogP contribution in [0, 0.1) is 11.3 Å². The van der Waals surface area contributed by atoms with Crippen LogP contribution >= 0.6 is 11.3 Å². The molecule has 2 fully saturated rings. The van der Waals surface area contributed by atoms with Crippen molar-refractivity contribution in [3.05, 3.63) is 41.9 Å². The number of thiazole rings is 1. The van der Waals surface area contributed by atoms with E-state index in [1.54, 1.807) is 52.9 Å². The maximum absolute atomic E-state index is 14.5. The molecule has 14 heteroatoms. The van der Waals surface area contributed by atoms with Gasteiger partial charge in [0.15, 0.2) is 0 Å². The third-order valence-corrected chi connectivity index (χ3v) is 10.4. The molecule has 0 spiro atoms. The van der Waals surface area contributed by atoms with E-state index >= 15 is 0 Å². The smallest absolute Gasteiger partial charge is 0.408 e. The molecule has 2 aliphatic rings. The summed E-state index contributed by atoms with van der Waals surface area (Å²) in [5.41, 5.74) is 0.359. The second-order valence-electron chi connectivity index (χ2n) is 16.5. The number of nitrogens with one attached hydrogen (secondary N) is 2. The van der Waals surface area contributed by atoms with Crippen LogP contribution in [0.5, 0.6) is 6.01 Å². The summed E-state index contributed by atoms with van der Waals surface area (Å²) >= 11 is 1.56. The molecule has 52 heavy (non-hydrogen) atoms. The van der Waals surface area contributed by atoms with Crippen LogP contribution in [0.25, 0.3) is 21.6 Å². The first-order valence-corrected chi connectivity index (χ1v) is 18.7. The largest absolute Gasteiger partial charge is 0.479 e. The average Bonchev–Trinajstić information content (AvgIpc) is 3.38. The van der Waals surface area contributed by atoms with Crippen molar-refractivity contribution in [3.63, 3.8) is 0 Å². The zero-order chi connectivity index (χ0) is 38.5. The highest BCUT2D eigenvalue weighted by atomic mass is 32.1. The van der Waals surface area contributed by atoms with E-state index in [0.717, 1.165) is 27.3 Å². The third-order valence-electron chi connectivity index (χ3n) is 9.47. The van der Waals surface area contributed by atoms with Gasteiger partial charge in [0.1, 0.15) is 39.9 Å². The van der Waals surface area contributed by atoms with Gasteiger partial charge in [-0.15, -0.1) is 17.9 Å². The van der Waals surface area contributed by atoms with Crippen molar-refractivity contribution in [1.82, 2.24) is 30.1 Å². The molecule has 5 rings (SSSR count). The van der Waals surface area contributed by atoms with Gasteiger partial charge < -0.3 is 30.1 Å². The van der Waals surface area contributed by atoms with Crippen LogP contribution in [0.4, 0.5) is 4.79 Å². The number of fused-ring (bicyclic) bond motifs is 1. The minimum Gasteiger partial charge on any atom is -0.479 e. The average molecular weight is 737 g/mol. The second-order valence-corrected chi connectivity index (χ2v) is 17.4. The fraction of sp³-hybridized carbons (Fsp3) is 0.579. The quantitative estimate of drug-likeness (QED) is 0.192. The molecule has 282 valence electrons. The number of para-hydroxylation sites is 1. The number of carbonyl (C=O) groups is 4. The van der Waals surface area contributed by atoms with Crippen molar-refractivity contribution in [2.75, 3.05) is 6.54 Å². The number of alkyl carbamates (subject to hydrolysis) is 1. The maximum Gasteiger partial charge on any atom is 0.408 e. The van der Waals surface area contributed by atoms with Crippen molar-refractivity contribution < 1.29 is 33.8 Å². The van der Waals surface area contributed by atoms with Gasteiger partial charge in [-0.25, -0.2) is 14.6 Å². The molecule has 3 heterocycles. The molecule has 3 aromatic rings. The fourth-order valence-electron chi connectivity index (χ4n) is 6.61. The molecule has 0 radical (unpaired) electrons. The molecule has 1 aliphatic carbocycles. The number of hydrogen-bond acceptors (Lipinski definition) is 9. The van der Waals surface area contributed by atoms with Gasteiger partial charge in [-0.1, -0.05) is 46.8 Å². The Morgan fingerprint density at radius 2 is 1.79 bits per heavy atom. The summed E-state index contributed by atoms with van der Waals surface area (Å²) in [6, 6.07) is 4.02. The standard InChI is InChI=1S/C38H52N6O7S/c1-12-22-17-38(22,33(47)48)42-30(45)27-16-23(18-43(27)32(46)29(36(6,7)8)41-35(49)51-37(9,10)11)50-34-40-28-24(31-39-25(19-52-31)20(2)3)14-13-15-26(28)44(34)21(4)5/h12-15,19-23,27,29H,1,16-18H2,2-11H3,(H,41,49)(H,42,45)(H,47,48). The van der Waals surface area contributed by atoms with E-state index in [0.29, 0.717) is 6.01 Å². The number of carboxylic acid groups (broad SMARTS) is 1. The van der Waals surface area contributed by atoms with Crippen molar-refractivity contribution in [3.8, 4) is 16.6 Å². The topological polar surface area (TPSA) is 165 Å². The fourth-order valence-corrected chi connectivity index (χ4v) is 7.62. The Balaban J connectivity index is 1.50. The molecular weight excluding hydrogens is 685 g/mol. The first-order chi connectivity index (χ1) is 24.2. The molecule has 5 unspecified atom stereocenters. The van der Waals surface area contributed by atoms with Crippen LogP contribution in [-0.2, 0) is 19.1 Å². The van der Waals surface area contributed by atoms with Crippen molar-refractivity contribution >= 4 is 46.2 Å². The summed E-state index contributed by atoms with van der Waals surface area (Å²) < 4.78 is 14.1. The van der Waals surface area contributed by atoms with Gasteiger partial charge in [0.05, 0.1) is 17.8 Å². The van der Waals surface area contributed by atoms with Crippen molar-refractivity contribution in [2.24, 2.45) is 11.3 Å². The lowest BCUT2D eigenvalue weighted by atomic mass is 9.85. The Bertz CT molecular complexity index is 1870. The summed E-state index contributed by atoms with van der Waals surface area (Å²) in [4.78, 5) is 65.0. The van der Waals surface area contributed by atoms with E-state index < -0.39 is 64.5 Å². The normalized spacial score (nSPS) is 22.4. The number of aromatic nitrogens is 3. The first-order valence-electron chi connectivity index (χ1n) is 17.8.